The van der Waals surface area contributed by atoms with Crippen LogP contribution in [0.4, 0.5) is 15.0 Å². The molecule has 0 aliphatic carbocycles. The number of carboxylic acid groups (broad SMARTS) is 1. The van der Waals surface area contributed by atoms with Crippen molar-refractivity contribution in [2.45, 2.75) is 24.9 Å². The highest BCUT2D eigenvalue weighted by molar-refractivity contribution is 5.66. The van der Waals surface area contributed by atoms with Crippen LogP contribution in [0.2, 0.25) is 0 Å². The Bertz CT molecular complexity index is 590. The van der Waals surface area contributed by atoms with Crippen LogP contribution in [-0.2, 0) is 6.42 Å². The molecule has 6 heteroatoms. The Morgan fingerprint density at radius 1 is 1.52 bits per heavy atom. The average Bonchev–Trinajstić information content (AvgIpc) is 2.88. The minimum absolute atomic E-state index is 0.109. The summed E-state index contributed by atoms with van der Waals surface area (Å²) in [7, 11) is 0. The summed E-state index contributed by atoms with van der Waals surface area (Å²) in [5.74, 6) is 0.870. The van der Waals surface area contributed by atoms with E-state index in [4.69, 9.17) is 5.11 Å². The van der Waals surface area contributed by atoms with Crippen LogP contribution in [0.1, 0.15) is 24.1 Å². The van der Waals surface area contributed by atoms with E-state index in [-0.39, 0.29) is 19.5 Å². The average molecular weight is 291 g/mol. The number of hydrogen-bond donors (Lipinski definition) is 2. The van der Waals surface area contributed by atoms with Gasteiger partial charge >= 0.3 is 6.09 Å². The zero-order valence-corrected chi connectivity index (χ0v) is 11.7. The lowest BCUT2D eigenvalue weighted by Crippen LogP contribution is -2.31. The number of aryl methyl sites for hydroxylation is 1. The van der Waals surface area contributed by atoms with Gasteiger partial charge in [-0.05, 0) is 36.6 Å². The molecule has 1 aromatic rings. The van der Waals surface area contributed by atoms with E-state index in [1.807, 2.05) is 12.1 Å². The van der Waals surface area contributed by atoms with Gasteiger partial charge in [-0.2, -0.15) is 0 Å². The Morgan fingerprint density at radius 2 is 2.38 bits per heavy atom. The van der Waals surface area contributed by atoms with Crippen molar-refractivity contribution in [1.82, 2.24) is 9.88 Å². The molecule has 21 heavy (non-hydrogen) atoms. The number of aromatic nitrogens is 1. The summed E-state index contributed by atoms with van der Waals surface area (Å²) in [5.41, 5.74) is 0.281. The maximum Gasteiger partial charge on any atom is 0.407 e. The first-order chi connectivity index (χ1) is 10.1. The molecule has 0 bridgehead atoms. The van der Waals surface area contributed by atoms with Gasteiger partial charge < -0.3 is 15.3 Å². The number of carbonyl (C=O) groups is 1. The minimum atomic E-state index is -1.59. The topological polar surface area (TPSA) is 65.5 Å². The van der Waals surface area contributed by atoms with Crippen LogP contribution in [0, 0.1) is 0 Å². The van der Waals surface area contributed by atoms with Gasteiger partial charge in [0, 0.05) is 19.5 Å². The van der Waals surface area contributed by atoms with Crippen LogP contribution in [0.5, 0.6) is 0 Å². The highest BCUT2D eigenvalue weighted by Gasteiger charge is 2.38. The van der Waals surface area contributed by atoms with Crippen LogP contribution in [0.3, 0.4) is 0 Å². The van der Waals surface area contributed by atoms with E-state index in [1.165, 1.54) is 11.6 Å². The monoisotopic (exact) mass is 291 g/mol. The van der Waals surface area contributed by atoms with Gasteiger partial charge in [0.25, 0.3) is 0 Å². The van der Waals surface area contributed by atoms with E-state index >= 15 is 0 Å². The first kappa shape index (κ1) is 13.9. The molecule has 1 fully saturated rings. The predicted molar refractivity (Wildman–Crippen MR) is 78.1 cm³/mol. The number of alkyl halides is 1. The molecule has 2 aliphatic rings. The van der Waals surface area contributed by atoms with Crippen molar-refractivity contribution in [3.8, 4) is 0 Å². The third-order valence-electron chi connectivity index (χ3n) is 3.99. The number of likely N-dealkylation sites (tertiary alicyclic amines) is 1. The molecular formula is C15H18FN3O2. The van der Waals surface area contributed by atoms with Crippen LogP contribution in [0.25, 0.3) is 6.08 Å². The molecule has 0 saturated carbocycles. The molecule has 5 nitrogen and oxygen atoms in total. The molecule has 112 valence electrons. The van der Waals surface area contributed by atoms with Crippen molar-refractivity contribution in [2.75, 3.05) is 25.0 Å². The predicted octanol–water partition coefficient (Wildman–Crippen LogP) is 2.54. The zero-order valence-electron chi connectivity index (χ0n) is 11.7. The third-order valence-corrected chi connectivity index (χ3v) is 3.99. The van der Waals surface area contributed by atoms with E-state index in [0.29, 0.717) is 5.69 Å². The third kappa shape index (κ3) is 2.99. The number of rotatable bonds is 2. The molecule has 1 unspecified atom stereocenters. The van der Waals surface area contributed by atoms with E-state index in [9.17, 15) is 9.18 Å². The van der Waals surface area contributed by atoms with Gasteiger partial charge in [-0.25, -0.2) is 14.2 Å². The van der Waals surface area contributed by atoms with Gasteiger partial charge in [0.2, 0.25) is 0 Å². The molecule has 3 rings (SSSR count). The SMILES string of the molecule is O=C(O)N1CCC(F)(/C=C/c2ccc3c(n2)NCCC3)C1. The van der Waals surface area contributed by atoms with Crippen molar-refractivity contribution in [1.29, 1.82) is 0 Å². The lowest BCUT2D eigenvalue weighted by Gasteiger charge is -2.17. The van der Waals surface area contributed by atoms with Crippen molar-refractivity contribution < 1.29 is 14.3 Å². The normalized spacial score (nSPS) is 24.9. The number of anilines is 1. The Labute approximate surface area is 122 Å². The summed E-state index contributed by atoms with van der Waals surface area (Å²) in [5, 5.41) is 12.1. The van der Waals surface area contributed by atoms with Crippen molar-refractivity contribution >= 4 is 18.0 Å². The number of hydrogen-bond acceptors (Lipinski definition) is 3. The maximum atomic E-state index is 14.5. The highest BCUT2D eigenvalue weighted by Crippen LogP contribution is 2.28. The zero-order chi connectivity index (χ0) is 14.9. The second-order valence-electron chi connectivity index (χ2n) is 5.60. The Balaban J connectivity index is 1.73. The summed E-state index contributed by atoms with van der Waals surface area (Å²) < 4.78 is 14.5. The van der Waals surface area contributed by atoms with Gasteiger partial charge in [0.1, 0.15) is 11.5 Å². The number of nitrogens with one attached hydrogen (secondary N) is 1. The number of amides is 1. The molecule has 0 radical (unpaired) electrons. The fourth-order valence-electron chi connectivity index (χ4n) is 2.77. The molecular weight excluding hydrogens is 273 g/mol. The van der Waals surface area contributed by atoms with Gasteiger partial charge in [-0.15, -0.1) is 0 Å². The molecule has 2 aliphatic heterocycles. The summed E-state index contributed by atoms with van der Waals surface area (Å²) >= 11 is 0. The van der Waals surface area contributed by atoms with Crippen LogP contribution in [0.15, 0.2) is 18.2 Å². The Hall–Kier alpha value is -2.11. The summed E-state index contributed by atoms with van der Waals surface area (Å²) in [6.07, 6.45) is 4.32. The molecule has 1 aromatic heterocycles. The number of nitrogens with zero attached hydrogens (tertiary/aromatic N) is 2. The first-order valence-electron chi connectivity index (χ1n) is 7.16. The van der Waals surface area contributed by atoms with Gasteiger partial charge in [0.05, 0.1) is 12.2 Å². The van der Waals surface area contributed by atoms with Crippen LogP contribution in [-0.4, -0.2) is 46.4 Å². The summed E-state index contributed by atoms with van der Waals surface area (Å²) in [6, 6.07) is 3.88. The van der Waals surface area contributed by atoms with Crippen LogP contribution < -0.4 is 5.32 Å². The highest BCUT2D eigenvalue weighted by atomic mass is 19.1. The molecule has 1 saturated heterocycles. The van der Waals surface area contributed by atoms with Gasteiger partial charge in [0.15, 0.2) is 0 Å². The van der Waals surface area contributed by atoms with Crippen molar-refractivity contribution in [2.24, 2.45) is 0 Å². The lowest BCUT2D eigenvalue weighted by atomic mass is 10.0. The molecule has 1 amide bonds. The Kier molecular flexibility index (Phi) is 3.53. The number of halogens is 1. The number of fused-ring (bicyclic) bond motifs is 1. The number of pyridine rings is 1. The Morgan fingerprint density at radius 3 is 3.14 bits per heavy atom. The van der Waals surface area contributed by atoms with E-state index in [2.05, 4.69) is 10.3 Å². The maximum absolute atomic E-state index is 14.5. The lowest BCUT2D eigenvalue weighted by molar-refractivity contribution is 0.146. The largest absolute Gasteiger partial charge is 0.465 e. The van der Waals surface area contributed by atoms with Crippen LogP contribution >= 0.6 is 0 Å². The summed E-state index contributed by atoms with van der Waals surface area (Å²) in [6.45, 7) is 1.03. The van der Waals surface area contributed by atoms with E-state index < -0.39 is 11.8 Å². The molecule has 0 spiro atoms. The minimum Gasteiger partial charge on any atom is -0.465 e. The second kappa shape index (κ2) is 5.35. The van der Waals surface area contributed by atoms with Gasteiger partial charge in [-0.3, -0.25) is 0 Å². The van der Waals surface area contributed by atoms with E-state index in [1.54, 1.807) is 6.08 Å². The first-order valence-corrected chi connectivity index (χ1v) is 7.16. The summed E-state index contributed by atoms with van der Waals surface area (Å²) in [4.78, 5) is 16.4. The molecule has 2 N–H and O–H groups in total. The van der Waals surface area contributed by atoms with E-state index in [0.717, 1.165) is 30.1 Å². The fourth-order valence-corrected chi connectivity index (χ4v) is 2.77. The van der Waals surface area contributed by atoms with Crippen molar-refractivity contribution in [3.05, 3.63) is 29.5 Å². The second-order valence-corrected chi connectivity index (χ2v) is 5.60. The fraction of sp³-hybridized carbons (Fsp3) is 0.467. The molecule has 3 heterocycles. The molecule has 1 atom stereocenters. The standard InChI is InChI=1S/C15H18FN3O2/c16-15(7-9-19(10-15)14(20)21)6-5-12-4-3-11-2-1-8-17-13(11)18-12/h3-6H,1-2,7-10H2,(H,17,18)(H,20,21)/b6-5+. The quantitative estimate of drug-likeness (QED) is 0.879. The smallest absolute Gasteiger partial charge is 0.407 e. The molecule has 0 aromatic carbocycles. The van der Waals surface area contributed by atoms with Gasteiger partial charge in [-0.1, -0.05) is 6.07 Å². The van der Waals surface area contributed by atoms with Crippen molar-refractivity contribution in [3.63, 3.8) is 0 Å².